The Bertz CT molecular complexity index is 598. The maximum absolute atomic E-state index is 12.3. The summed E-state index contributed by atoms with van der Waals surface area (Å²) in [6, 6.07) is 7.07. The van der Waals surface area contributed by atoms with Crippen molar-refractivity contribution in [2.75, 3.05) is 17.2 Å². The highest BCUT2D eigenvalue weighted by atomic mass is 16.2. The van der Waals surface area contributed by atoms with Crippen LogP contribution < -0.4 is 10.6 Å². The number of hydrogen-bond acceptors (Lipinski definition) is 3. The van der Waals surface area contributed by atoms with Crippen molar-refractivity contribution < 1.29 is 14.4 Å². The first kappa shape index (κ1) is 17.0. The summed E-state index contributed by atoms with van der Waals surface area (Å²) >= 11 is 0. The van der Waals surface area contributed by atoms with Crippen LogP contribution >= 0.6 is 0 Å². The van der Waals surface area contributed by atoms with Crippen molar-refractivity contribution in [2.24, 2.45) is 5.92 Å². The zero-order valence-electron chi connectivity index (χ0n) is 13.8. The van der Waals surface area contributed by atoms with Crippen LogP contribution in [0.5, 0.6) is 0 Å². The molecule has 3 amide bonds. The van der Waals surface area contributed by atoms with E-state index in [1.807, 2.05) is 13.8 Å². The lowest BCUT2D eigenvalue weighted by atomic mass is 10.1. The molecule has 6 nitrogen and oxygen atoms in total. The molecular weight excluding hydrogens is 294 g/mol. The predicted molar refractivity (Wildman–Crippen MR) is 88.9 cm³/mol. The summed E-state index contributed by atoms with van der Waals surface area (Å²) in [5.74, 6) is -0.556. The molecule has 1 heterocycles. The minimum Gasteiger partial charge on any atom is -0.339 e. The molecule has 0 bridgehead atoms. The number of nitrogens with one attached hydrogen (secondary N) is 2. The molecule has 124 valence electrons. The third-order valence-electron chi connectivity index (χ3n) is 4.12. The lowest BCUT2D eigenvalue weighted by Gasteiger charge is -2.23. The van der Waals surface area contributed by atoms with Gasteiger partial charge in [0.2, 0.25) is 17.7 Å². The van der Waals surface area contributed by atoms with Gasteiger partial charge >= 0.3 is 0 Å². The van der Waals surface area contributed by atoms with E-state index < -0.39 is 0 Å². The molecular formula is C17H23N3O3. The summed E-state index contributed by atoms with van der Waals surface area (Å²) in [7, 11) is 0. The summed E-state index contributed by atoms with van der Waals surface area (Å²) in [5, 5.41) is 5.50. The zero-order chi connectivity index (χ0) is 17.0. The van der Waals surface area contributed by atoms with E-state index in [2.05, 4.69) is 10.6 Å². The number of likely N-dealkylation sites (tertiary alicyclic amines) is 1. The summed E-state index contributed by atoms with van der Waals surface area (Å²) < 4.78 is 0. The van der Waals surface area contributed by atoms with Gasteiger partial charge in [-0.1, -0.05) is 6.92 Å². The van der Waals surface area contributed by atoms with Gasteiger partial charge in [-0.25, -0.2) is 0 Å². The van der Waals surface area contributed by atoms with Crippen molar-refractivity contribution in [3.05, 3.63) is 24.3 Å². The van der Waals surface area contributed by atoms with E-state index in [1.54, 1.807) is 29.2 Å². The molecule has 1 aliphatic heterocycles. The van der Waals surface area contributed by atoms with E-state index in [0.29, 0.717) is 17.9 Å². The Kier molecular flexibility index (Phi) is 5.36. The lowest BCUT2D eigenvalue weighted by molar-refractivity contribution is -0.129. The standard InChI is InChI=1S/C17H23N3O3/c1-4-11(2)20-10-13(9-16(20)22)17(23)19-15-7-5-14(6-8-15)18-12(3)21/h5-8,11,13H,4,9-10H2,1-3H3,(H,18,21)(H,19,23). The molecule has 2 unspecified atom stereocenters. The van der Waals surface area contributed by atoms with E-state index in [0.717, 1.165) is 6.42 Å². The molecule has 1 aliphatic rings. The molecule has 2 atom stereocenters. The molecule has 1 aromatic rings. The highest BCUT2D eigenvalue weighted by molar-refractivity contribution is 5.97. The summed E-state index contributed by atoms with van der Waals surface area (Å²) in [4.78, 5) is 37.1. The zero-order valence-corrected chi connectivity index (χ0v) is 13.8. The van der Waals surface area contributed by atoms with E-state index >= 15 is 0 Å². The van der Waals surface area contributed by atoms with Crippen molar-refractivity contribution in [1.82, 2.24) is 4.90 Å². The number of amides is 3. The van der Waals surface area contributed by atoms with Crippen LogP contribution in [0.1, 0.15) is 33.6 Å². The fraction of sp³-hybridized carbons (Fsp3) is 0.471. The van der Waals surface area contributed by atoms with Gasteiger partial charge in [0.25, 0.3) is 0 Å². The van der Waals surface area contributed by atoms with Gasteiger partial charge in [0.1, 0.15) is 0 Å². The SMILES string of the molecule is CCC(C)N1CC(C(=O)Nc2ccc(NC(C)=O)cc2)CC1=O. The highest BCUT2D eigenvalue weighted by Crippen LogP contribution is 2.23. The normalized spacial score (nSPS) is 18.7. The first-order valence-corrected chi connectivity index (χ1v) is 7.88. The fourth-order valence-corrected chi connectivity index (χ4v) is 2.64. The van der Waals surface area contributed by atoms with E-state index in [1.165, 1.54) is 6.92 Å². The minimum absolute atomic E-state index is 0.0421. The number of benzene rings is 1. The Morgan fingerprint density at radius 2 is 1.78 bits per heavy atom. The van der Waals surface area contributed by atoms with Crippen LogP contribution in [0.15, 0.2) is 24.3 Å². The van der Waals surface area contributed by atoms with Gasteiger partial charge in [-0.15, -0.1) is 0 Å². The van der Waals surface area contributed by atoms with E-state index in [4.69, 9.17) is 0 Å². The quantitative estimate of drug-likeness (QED) is 0.874. The smallest absolute Gasteiger partial charge is 0.229 e. The highest BCUT2D eigenvalue weighted by Gasteiger charge is 2.36. The number of nitrogens with zero attached hydrogens (tertiary/aromatic N) is 1. The molecule has 1 fully saturated rings. The summed E-state index contributed by atoms with van der Waals surface area (Å²) in [5.41, 5.74) is 1.33. The maximum atomic E-state index is 12.3. The van der Waals surface area contributed by atoms with Crippen LogP contribution in [0.4, 0.5) is 11.4 Å². The second-order valence-corrected chi connectivity index (χ2v) is 5.95. The van der Waals surface area contributed by atoms with Crippen LogP contribution in [-0.2, 0) is 14.4 Å². The molecule has 1 aromatic carbocycles. The molecule has 0 saturated carbocycles. The molecule has 2 N–H and O–H groups in total. The first-order valence-electron chi connectivity index (χ1n) is 7.88. The Morgan fingerprint density at radius 1 is 1.22 bits per heavy atom. The third-order valence-corrected chi connectivity index (χ3v) is 4.12. The van der Waals surface area contributed by atoms with Gasteiger partial charge in [-0.3, -0.25) is 14.4 Å². The van der Waals surface area contributed by atoms with E-state index in [-0.39, 0.29) is 36.1 Å². The molecule has 1 saturated heterocycles. The number of rotatable bonds is 5. The molecule has 2 rings (SSSR count). The Balaban J connectivity index is 1.94. The van der Waals surface area contributed by atoms with Crippen LogP contribution in [0, 0.1) is 5.92 Å². The maximum Gasteiger partial charge on any atom is 0.229 e. The second-order valence-electron chi connectivity index (χ2n) is 5.95. The van der Waals surface area contributed by atoms with Gasteiger partial charge < -0.3 is 15.5 Å². The van der Waals surface area contributed by atoms with Crippen LogP contribution in [0.25, 0.3) is 0 Å². The van der Waals surface area contributed by atoms with Crippen LogP contribution in [-0.4, -0.2) is 35.2 Å². The van der Waals surface area contributed by atoms with Gasteiger partial charge in [-0.2, -0.15) is 0 Å². The van der Waals surface area contributed by atoms with Crippen molar-refractivity contribution in [1.29, 1.82) is 0 Å². The Morgan fingerprint density at radius 3 is 2.30 bits per heavy atom. The fourth-order valence-electron chi connectivity index (χ4n) is 2.64. The van der Waals surface area contributed by atoms with Crippen molar-refractivity contribution >= 4 is 29.1 Å². The average Bonchev–Trinajstić information content (AvgIpc) is 2.90. The second kappa shape index (κ2) is 7.26. The Hall–Kier alpha value is -2.37. The monoisotopic (exact) mass is 317 g/mol. The van der Waals surface area contributed by atoms with Gasteiger partial charge in [-0.05, 0) is 37.6 Å². The molecule has 0 aromatic heterocycles. The van der Waals surface area contributed by atoms with Crippen LogP contribution in [0.2, 0.25) is 0 Å². The largest absolute Gasteiger partial charge is 0.339 e. The summed E-state index contributed by atoms with van der Waals surface area (Å²) in [6.07, 6.45) is 1.14. The van der Waals surface area contributed by atoms with Gasteiger partial charge in [0, 0.05) is 37.3 Å². The number of hydrogen-bond donors (Lipinski definition) is 2. The third kappa shape index (κ3) is 4.31. The number of anilines is 2. The first-order chi connectivity index (χ1) is 10.9. The minimum atomic E-state index is -0.313. The molecule has 6 heteroatoms. The van der Waals surface area contributed by atoms with E-state index in [9.17, 15) is 14.4 Å². The lowest BCUT2D eigenvalue weighted by Crippen LogP contribution is -2.35. The molecule has 0 aliphatic carbocycles. The predicted octanol–water partition coefficient (Wildman–Crippen LogP) is 2.23. The molecule has 0 spiro atoms. The average molecular weight is 317 g/mol. The van der Waals surface area contributed by atoms with Gasteiger partial charge in [0.15, 0.2) is 0 Å². The summed E-state index contributed by atoms with van der Waals surface area (Å²) in [6.45, 7) is 5.94. The van der Waals surface area contributed by atoms with Crippen LogP contribution in [0.3, 0.4) is 0 Å². The number of carbonyl (C=O) groups is 3. The Labute approximate surface area is 136 Å². The molecule has 0 radical (unpaired) electrons. The van der Waals surface area contributed by atoms with Crippen molar-refractivity contribution in [2.45, 2.75) is 39.7 Å². The number of carbonyl (C=O) groups excluding carboxylic acids is 3. The molecule has 23 heavy (non-hydrogen) atoms. The van der Waals surface area contributed by atoms with Crippen molar-refractivity contribution in [3.63, 3.8) is 0 Å². The van der Waals surface area contributed by atoms with Crippen molar-refractivity contribution in [3.8, 4) is 0 Å². The topological polar surface area (TPSA) is 78.5 Å². The van der Waals surface area contributed by atoms with Gasteiger partial charge in [0.05, 0.1) is 5.92 Å².